The minimum atomic E-state index is -3.47. The molecule has 1 aliphatic carbocycles. The van der Waals surface area contributed by atoms with Crippen LogP contribution >= 0.6 is 0 Å². The van der Waals surface area contributed by atoms with Gasteiger partial charge in [-0.05, 0) is 49.3 Å². The van der Waals surface area contributed by atoms with Crippen LogP contribution in [-0.4, -0.2) is 30.9 Å². The number of rotatable bonds is 5. The Bertz CT molecular complexity index is 563. The Balaban J connectivity index is 2.15. The molecule has 1 fully saturated rings. The predicted molar refractivity (Wildman–Crippen MR) is 83.4 cm³/mol. The summed E-state index contributed by atoms with van der Waals surface area (Å²) in [5.74, 6) is 0.745. The van der Waals surface area contributed by atoms with Crippen LogP contribution in [0.15, 0.2) is 29.2 Å². The van der Waals surface area contributed by atoms with Crippen molar-refractivity contribution in [1.82, 2.24) is 4.31 Å². The lowest BCUT2D eigenvalue weighted by Gasteiger charge is -2.33. The van der Waals surface area contributed by atoms with Crippen LogP contribution in [0.5, 0.6) is 0 Å². The summed E-state index contributed by atoms with van der Waals surface area (Å²) in [5, 5.41) is 9.16. The third-order valence-electron chi connectivity index (χ3n) is 4.67. The summed E-state index contributed by atoms with van der Waals surface area (Å²) in [6.45, 7) is 2.06. The van der Waals surface area contributed by atoms with Gasteiger partial charge in [0.1, 0.15) is 0 Å². The summed E-state index contributed by atoms with van der Waals surface area (Å²) in [6.07, 6.45) is 5.28. The minimum Gasteiger partial charge on any atom is -0.392 e. The average molecular weight is 311 g/mol. The maximum Gasteiger partial charge on any atom is 0.243 e. The number of aliphatic hydroxyl groups is 1. The van der Waals surface area contributed by atoms with Crippen LogP contribution in [0.1, 0.15) is 44.6 Å². The van der Waals surface area contributed by atoms with Crippen molar-refractivity contribution in [2.45, 2.75) is 56.6 Å². The molecule has 0 aliphatic heterocycles. The highest BCUT2D eigenvalue weighted by atomic mass is 32.2. The van der Waals surface area contributed by atoms with Crippen molar-refractivity contribution in [1.29, 1.82) is 0 Å². The van der Waals surface area contributed by atoms with Gasteiger partial charge in [0.2, 0.25) is 10.0 Å². The molecule has 1 aromatic carbocycles. The van der Waals surface area contributed by atoms with Gasteiger partial charge in [0, 0.05) is 13.1 Å². The molecule has 1 saturated carbocycles. The van der Waals surface area contributed by atoms with Crippen LogP contribution in [-0.2, 0) is 16.6 Å². The molecule has 118 valence electrons. The molecule has 0 radical (unpaired) electrons. The molecular formula is C16H25NO3S. The Morgan fingerprint density at radius 1 is 1.24 bits per heavy atom. The summed E-state index contributed by atoms with van der Waals surface area (Å²) in [7, 11) is -1.79. The van der Waals surface area contributed by atoms with E-state index in [0.29, 0.717) is 5.56 Å². The Hall–Kier alpha value is -0.910. The van der Waals surface area contributed by atoms with Crippen LogP contribution in [0.2, 0.25) is 0 Å². The first-order valence-corrected chi connectivity index (χ1v) is 9.11. The van der Waals surface area contributed by atoms with Crippen LogP contribution in [0.25, 0.3) is 0 Å². The number of nitrogens with zero attached hydrogens (tertiary/aromatic N) is 1. The van der Waals surface area contributed by atoms with E-state index in [-0.39, 0.29) is 17.5 Å². The zero-order valence-corrected chi connectivity index (χ0v) is 13.6. The Morgan fingerprint density at radius 3 is 2.48 bits per heavy atom. The molecule has 0 amide bonds. The fraction of sp³-hybridized carbons (Fsp3) is 0.625. The Labute approximate surface area is 127 Å². The van der Waals surface area contributed by atoms with Crippen LogP contribution in [0.3, 0.4) is 0 Å². The van der Waals surface area contributed by atoms with Crippen LogP contribution in [0.4, 0.5) is 0 Å². The molecule has 21 heavy (non-hydrogen) atoms. The summed E-state index contributed by atoms with van der Waals surface area (Å²) < 4.78 is 26.9. The van der Waals surface area contributed by atoms with Crippen LogP contribution < -0.4 is 0 Å². The molecule has 4 nitrogen and oxygen atoms in total. The molecule has 1 aromatic rings. The number of sulfonamides is 1. The second-order valence-electron chi connectivity index (χ2n) is 5.91. The summed E-state index contributed by atoms with van der Waals surface area (Å²) in [5.41, 5.74) is 0.624. The van der Waals surface area contributed by atoms with Gasteiger partial charge < -0.3 is 5.11 Å². The number of hydrogen-bond donors (Lipinski definition) is 1. The maximum absolute atomic E-state index is 12.7. The standard InChI is InChI=1S/C16H25NO3S/c1-3-13-7-9-15(10-8-13)17(2)21(19,20)16-6-4-5-14(11-16)12-18/h4-6,11,13,15,18H,3,7-10,12H2,1-2H3. The zero-order chi connectivity index (χ0) is 15.5. The second kappa shape index (κ2) is 6.90. The lowest BCUT2D eigenvalue weighted by atomic mass is 9.85. The predicted octanol–water partition coefficient (Wildman–Crippen LogP) is 2.77. The third-order valence-corrected chi connectivity index (χ3v) is 6.57. The number of benzene rings is 1. The highest BCUT2D eigenvalue weighted by molar-refractivity contribution is 7.89. The highest BCUT2D eigenvalue weighted by Crippen LogP contribution is 2.31. The third kappa shape index (κ3) is 3.65. The smallest absolute Gasteiger partial charge is 0.243 e. The van der Waals surface area contributed by atoms with Gasteiger partial charge >= 0.3 is 0 Å². The van der Waals surface area contributed by atoms with Crippen molar-refractivity contribution in [3.8, 4) is 0 Å². The molecule has 0 saturated heterocycles. The fourth-order valence-electron chi connectivity index (χ4n) is 3.08. The van der Waals surface area contributed by atoms with E-state index in [1.54, 1.807) is 31.3 Å². The van der Waals surface area contributed by atoms with Gasteiger partial charge in [-0.15, -0.1) is 0 Å². The Morgan fingerprint density at radius 2 is 1.90 bits per heavy atom. The topological polar surface area (TPSA) is 57.6 Å². The van der Waals surface area contributed by atoms with Gasteiger partial charge in [-0.2, -0.15) is 4.31 Å². The van der Waals surface area contributed by atoms with E-state index >= 15 is 0 Å². The molecule has 1 aliphatic rings. The van der Waals surface area contributed by atoms with E-state index in [0.717, 1.165) is 31.6 Å². The quantitative estimate of drug-likeness (QED) is 0.909. The first-order chi connectivity index (χ1) is 9.98. The monoisotopic (exact) mass is 311 g/mol. The SMILES string of the molecule is CCC1CCC(N(C)S(=O)(=O)c2cccc(CO)c2)CC1. The van der Waals surface area contributed by atoms with E-state index in [2.05, 4.69) is 6.92 Å². The summed E-state index contributed by atoms with van der Waals surface area (Å²) in [6, 6.07) is 6.66. The molecule has 0 bridgehead atoms. The summed E-state index contributed by atoms with van der Waals surface area (Å²) in [4.78, 5) is 0.272. The number of hydrogen-bond acceptors (Lipinski definition) is 3. The molecule has 0 heterocycles. The van der Waals surface area contributed by atoms with Gasteiger partial charge in [-0.1, -0.05) is 25.5 Å². The first kappa shape index (κ1) is 16.5. The normalized spacial score (nSPS) is 23.4. The van der Waals surface area contributed by atoms with Crippen LogP contribution in [0, 0.1) is 5.92 Å². The fourth-order valence-corrected chi connectivity index (χ4v) is 4.57. The number of aliphatic hydroxyl groups excluding tert-OH is 1. The van der Waals surface area contributed by atoms with E-state index < -0.39 is 10.0 Å². The Kier molecular flexibility index (Phi) is 5.41. The largest absolute Gasteiger partial charge is 0.392 e. The van der Waals surface area contributed by atoms with Crippen molar-refractivity contribution in [2.75, 3.05) is 7.05 Å². The van der Waals surface area contributed by atoms with E-state index in [9.17, 15) is 8.42 Å². The molecule has 1 N–H and O–H groups in total. The molecule has 0 unspecified atom stereocenters. The molecular weight excluding hydrogens is 286 g/mol. The van der Waals surface area contributed by atoms with Crippen molar-refractivity contribution >= 4 is 10.0 Å². The molecule has 0 aromatic heterocycles. The molecule has 0 atom stereocenters. The molecule has 0 spiro atoms. The average Bonchev–Trinajstić information content (AvgIpc) is 2.54. The highest BCUT2D eigenvalue weighted by Gasteiger charge is 2.31. The molecule has 2 rings (SSSR count). The lowest BCUT2D eigenvalue weighted by Crippen LogP contribution is -2.39. The minimum absolute atomic E-state index is 0.0931. The van der Waals surface area contributed by atoms with Gasteiger partial charge in [0.15, 0.2) is 0 Å². The van der Waals surface area contributed by atoms with E-state index in [4.69, 9.17) is 5.11 Å². The zero-order valence-electron chi connectivity index (χ0n) is 12.8. The first-order valence-electron chi connectivity index (χ1n) is 7.66. The lowest BCUT2D eigenvalue weighted by molar-refractivity contribution is 0.233. The molecule has 5 heteroatoms. The maximum atomic E-state index is 12.7. The van der Waals surface area contributed by atoms with Crippen molar-refractivity contribution in [3.63, 3.8) is 0 Å². The van der Waals surface area contributed by atoms with E-state index in [1.807, 2.05) is 0 Å². The van der Waals surface area contributed by atoms with Crippen molar-refractivity contribution < 1.29 is 13.5 Å². The van der Waals surface area contributed by atoms with Gasteiger partial charge in [0.25, 0.3) is 0 Å². The summed E-state index contributed by atoms with van der Waals surface area (Å²) >= 11 is 0. The van der Waals surface area contributed by atoms with Gasteiger partial charge in [0.05, 0.1) is 11.5 Å². The second-order valence-corrected chi connectivity index (χ2v) is 7.91. The van der Waals surface area contributed by atoms with Crippen molar-refractivity contribution in [3.05, 3.63) is 29.8 Å². The van der Waals surface area contributed by atoms with Crippen molar-refractivity contribution in [2.24, 2.45) is 5.92 Å². The van der Waals surface area contributed by atoms with E-state index in [1.165, 1.54) is 10.7 Å². The van der Waals surface area contributed by atoms with Gasteiger partial charge in [-0.3, -0.25) is 0 Å². The van der Waals surface area contributed by atoms with Gasteiger partial charge in [-0.25, -0.2) is 8.42 Å².